The molecule has 0 aliphatic rings. The Bertz CT molecular complexity index is 339. The van der Waals surface area contributed by atoms with Gasteiger partial charge in [-0.15, -0.1) is 0 Å². The summed E-state index contributed by atoms with van der Waals surface area (Å²) in [5.74, 6) is 0.790. The SMILES string of the molecule is COc1ccc(F)cc1C(C)CCC(C)N. The highest BCUT2D eigenvalue weighted by Gasteiger charge is 2.13. The summed E-state index contributed by atoms with van der Waals surface area (Å²) >= 11 is 0. The Morgan fingerprint density at radius 3 is 2.56 bits per heavy atom. The highest BCUT2D eigenvalue weighted by molar-refractivity contribution is 5.36. The van der Waals surface area contributed by atoms with Gasteiger partial charge in [0.15, 0.2) is 0 Å². The minimum absolute atomic E-state index is 0.182. The van der Waals surface area contributed by atoms with Gasteiger partial charge in [0, 0.05) is 6.04 Å². The van der Waals surface area contributed by atoms with Crippen LogP contribution in [-0.4, -0.2) is 13.2 Å². The van der Waals surface area contributed by atoms with Crippen LogP contribution in [0.4, 0.5) is 4.39 Å². The van der Waals surface area contributed by atoms with Crippen LogP contribution in [0.1, 0.15) is 38.2 Å². The van der Waals surface area contributed by atoms with Crippen LogP contribution in [-0.2, 0) is 0 Å². The number of methoxy groups -OCH3 is 1. The molecule has 2 N–H and O–H groups in total. The zero-order valence-electron chi connectivity index (χ0n) is 10.2. The van der Waals surface area contributed by atoms with Gasteiger partial charge in [-0.1, -0.05) is 6.92 Å². The van der Waals surface area contributed by atoms with Crippen molar-refractivity contribution >= 4 is 0 Å². The third-order valence-electron chi connectivity index (χ3n) is 2.78. The first-order valence-corrected chi connectivity index (χ1v) is 5.63. The van der Waals surface area contributed by atoms with Gasteiger partial charge >= 0.3 is 0 Å². The van der Waals surface area contributed by atoms with Gasteiger partial charge in [0.05, 0.1) is 7.11 Å². The minimum Gasteiger partial charge on any atom is -0.496 e. The van der Waals surface area contributed by atoms with Gasteiger partial charge < -0.3 is 10.5 Å². The smallest absolute Gasteiger partial charge is 0.123 e. The average Bonchev–Trinajstić information content (AvgIpc) is 2.25. The van der Waals surface area contributed by atoms with E-state index in [1.807, 2.05) is 6.92 Å². The van der Waals surface area contributed by atoms with Crippen LogP contribution in [0.3, 0.4) is 0 Å². The first-order chi connectivity index (χ1) is 7.54. The Hall–Kier alpha value is -1.09. The molecule has 0 radical (unpaired) electrons. The van der Waals surface area contributed by atoms with Crippen LogP contribution in [0.5, 0.6) is 5.75 Å². The Morgan fingerprint density at radius 1 is 1.31 bits per heavy atom. The minimum atomic E-state index is -0.219. The normalized spacial score (nSPS) is 14.6. The molecule has 2 nitrogen and oxygen atoms in total. The molecule has 0 saturated carbocycles. The van der Waals surface area contributed by atoms with Crippen LogP contribution in [0.15, 0.2) is 18.2 Å². The predicted molar refractivity (Wildman–Crippen MR) is 64.3 cm³/mol. The van der Waals surface area contributed by atoms with Crippen molar-refractivity contribution in [2.45, 2.75) is 38.6 Å². The summed E-state index contributed by atoms with van der Waals surface area (Å²) in [5, 5.41) is 0. The van der Waals surface area contributed by atoms with E-state index in [-0.39, 0.29) is 17.8 Å². The number of halogens is 1. The molecule has 1 aromatic carbocycles. The molecule has 3 heteroatoms. The third-order valence-corrected chi connectivity index (χ3v) is 2.78. The second kappa shape index (κ2) is 5.85. The second-order valence-corrected chi connectivity index (χ2v) is 4.34. The molecule has 0 amide bonds. The first kappa shape index (κ1) is 13.0. The van der Waals surface area contributed by atoms with Crippen molar-refractivity contribution in [2.75, 3.05) is 7.11 Å². The molecule has 2 atom stereocenters. The van der Waals surface area contributed by atoms with E-state index in [2.05, 4.69) is 6.92 Å². The van der Waals surface area contributed by atoms with E-state index >= 15 is 0 Å². The van der Waals surface area contributed by atoms with Crippen molar-refractivity contribution in [3.05, 3.63) is 29.6 Å². The summed E-state index contributed by atoms with van der Waals surface area (Å²) in [7, 11) is 1.61. The topological polar surface area (TPSA) is 35.2 Å². The maximum atomic E-state index is 13.2. The molecule has 0 fully saturated rings. The number of ether oxygens (including phenoxy) is 1. The van der Waals surface area contributed by atoms with Crippen molar-refractivity contribution in [1.29, 1.82) is 0 Å². The summed E-state index contributed by atoms with van der Waals surface area (Å²) in [6.45, 7) is 4.05. The molecule has 16 heavy (non-hydrogen) atoms. The van der Waals surface area contributed by atoms with Crippen molar-refractivity contribution in [1.82, 2.24) is 0 Å². The van der Waals surface area contributed by atoms with E-state index in [0.29, 0.717) is 0 Å². The fourth-order valence-corrected chi connectivity index (χ4v) is 1.76. The second-order valence-electron chi connectivity index (χ2n) is 4.34. The fraction of sp³-hybridized carbons (Fsp3) is 0.538. The van der Waals surface area contributed by atoms with Crippen LogP contribution >= 0.6 is 0 Å². The van der Waals surface area contributed by atoms with Crippen molar-refractivity contribution in [2.24, 2.45) is 5.73 Å². The fourth-order valence-electron chi connectivity index (χ4n) is 1.76. The van der Waals surface area contributed by atoms with E-state index < -0.39 is 0 Å². The lowest BCUT2D eigenvalue weighted by Gasteiger charge is -2.16. The van der Waals surface area contributed by atoms with E-state index in [1.165, 1.54) is 6.07 Å². The predicted octanol–water partition coefficient (Wildman–Crippen LogP) is 3.07. The molecule has 1 aromatic rings. The lowest BCUT2D eigenvalue weighted by Crippen LogP contribution is -2.15. The zero-order chi connectivity index (χ0) is 12.1. The summed E-state index contributed by atoms with van der Waals surface area (Å²) in [6.07, 6.45) is 1.87. The van der Waals surface area contributed by atoms with Gasteiger partial charge in [-0.3, -0.25) is 0 Å². The molecular formula is C13H20FNO. The van der Waals surface area contributed by atoms with E-state index in [4.69, 9.17) is 10.5 Å². The summed E-state index contributed by atoms with van der Waals surface area (Å²) in [5.41, 5.74) is 6.63. The summed E-state index contributed by atoms with van der Waals surface area (Å²) in [4.78, 5) is 0. The molecule has 0 aliphatic heterocycles. The molecule has 0 saturated heterocycles. The monoisotopic (exact) mass is 225 g/mol. The van der Waals surface area contributed by atoms with Crippen molar-refractivity contribution in [3.8, 4) is 5.75 Å². The summed E-state index contributed by atoms with van der Waals surface area (Å²) < 4.78 is 18.4. The largest absolute Gasteiger partial charge is 0.496 e. The van der Waals surface area contributed by atoms with E-state index in [1.54, 1.807) is 19.2 Å². The lowest BCUT2D eigenvalue weighted by molar-refractivity contribution is 0.402. The number of nitrogens with two attached hydrogens (primary N) is 1. The first-order valence-electron chi connectivity index (χ1n) is 5.63. The molecule has 0 aromatic heterocycles. The van der Waals surface area contributed by atoms with Gasteiger partial charge in [0.2, 0.25) is 0 Å². The molecule has 1 rings (SSSR count). The molecule has 0 heterocycles. The molecule has 90 valence electrons. The van der Waals surface area contributed by atoms with Crippen molar-refractivity contribution in [3.63, 3.8) is 0 Å². The third kappa shape index (κ3) is 3.49. The molecule has 0 aliphatic carbocycles. The van der Waals surface area contributed by atoms with Crippen LogP contribution in [0, 0.1) is 5.82 Å². The van der Waals surface area contributed by atoms with E-state index in [0.717, 1.165) is 24.2 Å². The Balaban J connectivity index is 2.80. The Morgan fingerprint density at radius 2 is 2.00 bits per heavy atom. The number of rotatable bonds is 5. The maximum Gasteiger partial charge on any atom is 0.123 e. The molecule has 2 unspecified atom stereocenters. The highest BCUT2D eigenvalue weighted by atomic mass is 19.1. The standard InChI is InChI=1S/C13H20FNO/c1-9(4-5-10(2)15)12-8-11(14)6-7-13(12)16-3/h6-10H,4-5,15H2,1-3H3. The van der Waals surface area contributed by atoms with Crippen LogP contribution in [0.2, 0.25) is 0 Å². The van der Waals surface area contributed by atoms with Gasteiger partial charge in [-0.05, 0) is 49.4 Å². The maximum absolute atomic E-state index is 13.2. The number of hydrogen-bond donors (Lipinski definition) is 1. The zero-order valence-corrected chi connectivity index (χ0v) is 10.2. The van der Waals surface area contributed by atoms with E-state index in [9.17, 15) is 4.39 Å². The molecule has 0 bridgehead atoms. The van der Waals surface area contributed by atoms with Crippen molar-refractivity contribution < 1.29 is 9.13 Å². The number of hydrogen-bond acceptors (Lipinski definition) is 2. The Labute approximate surface area is 96.6 Å². The molecule has 0 spiro atoms. The van der Waals surface area contributed by atoms with Crippen LogP contribution in [0.25, 0.3) is 0 Å². The Kier molecular flexibility index (Phi) is 4.74. The lowest BCUT2D eigenvalue weighted by atomic mass is 9.94. The van der Waals surface area contributed by atoms with Gasteiger partial charge in [-0.2, -0.15) is 0 Å². The number of benzene rings is 1. The van der Waals surface area contributed by atoms with Crippen LogP contribution < -0.4 is 10.5 Å². The summed E-state index contributed by atoms with van der Waals surface area (Å²) in [6, 6.07) is 4.82. The van der Waals surface area contributed by atoms with Gasteiger partial charge in [0.25, 0.3) is 0 Å². The average molecular weight is 225 g/mol. The van der Waals surface area contributed by atoms with Gasteiger partial charge in [-0.25, -0.2) is 4.39 Å². The quantitative estimate of drug-likeness (QED) is 0.835. The highest BCUT2D eigenvalue weighted by Crippen LogP contribution is 2.30. The van der Waals surface area contributed by atoms with Gasteiger partial charge in [0.1, 0.15) is 11.6 Å². The molecular weight excluding hydrogens is 205 g/mol.